The number of alkyl halides is 2. The molecule has 7 heteroatoms. The molecule has 1 aromatic carbocycles. The number of carbonyl (C=O) groups is 1. The van der Waals surface area contributed by atoms with Gasteiger partial charge in [-0.2, -0.15) is 0 Å². The van der Waals surface area contributed by atoms with Crippen molar-refractivity contribution < 1.29 is 18.7 Å². The number of aliphatic hydroxyl groups excluding tert-OH is 1. The second-order valence-corrected chi connectivity index (χ2v) is 4.42. The van der Waals surface area contributed by atoms with Crippen LogP contribution in [0.4, 0.5) is 20.2 Å². The number of amides is 1. The lowest BCUT2D eigenvalue weighted by molar-refractivity contribution is -0.117. The van der Waals surface area contributed by atoms with E-state index >= 15 is 0 Å². The van der Waals surface area contributed by atoms with Crippen LogP contribution in [0.5, 0.6) is 0 Å². The molecule has 0 saturated heterocycles. The van der Waals surface area contributed by atoms with Crippen LogP contribution in [-0.2, 0) is 4.79 Å². The first-order valence-corrected chi connectivity index (χ1v) is 6.20. The third kappa shape index (κ3) is 5.10. The molecule has 0 aromatic heterocycles. The lowest BCUT2D eigenvalue weighted by atomic mass is 10.1. The molecule has 0 bridgehead atoms. The molecule has 112 valence electrons. The third-order valence-electron chi connectivity index (χ3n) is 2.83. The second kappa shape index (κ2) is 7.76. The minimum atomic E-state index is -2.55. The van der Waals surface area contributed by atoms with Gasteiger partial charge in [-0.3, -0.25) is 9.69 Å². The highest BCUT2D eigenvalue weighted by Crippen LogP contribution is 2.20. The van der Waals surface area contributed by atoms with E-state index in [1.807, 2.05) is 0 Å². The van der Waals surface area contributed by atoms with Gasteiger partial charge in [0.1, 0.15) is 0 Å². The number of carbonyl (C=O) groups excluding carboxylic acids is 1. The summed E-state index contributed by atoms with van der Waals surface area (Å²) >= 11 is 0. The Labute approximate surface area is 116 Å². The molecule has 0 radical (unpaired) electrons. The summed E-state index contributed by atoms with van der Waals surface area (Å²) in [6, 6.07) is 5.09. The third-order valence-corrected chi connectivity index (χ3v) is 2.83. The Morgan fingerprint density at radius 2 is 2.20 bits per heavy atom. The normalized spacial score (nSPS) is 11.1. The number of halogens is 2. The number of rotatable bonds is 7. The van der Waals surface area contributed by atoms with Crippen molar-refractivity contribution in [2.45, 2.75) is 13.3 Å². The molecule has 0 fully saturated rings. The summed E-state index contributed by atoms with van der Waals surface area (Å²) in [7, 11) is 0. The van der Waals surface area contributed by atoms with Gasteiger partial charge in [-0.1, -0.05) is 6.07 Å². The molecule has 0 aliphatic heterocycles. The van der Waals surface area contributed by atoms with Crippen molar-refractivity contribution >= 4 is 17.3 Å². The van der Waals surface area contributed by atoms with Crippen LogP contribution in [0.3, 0.4) is 0 Å². The number of hydrogen-bond acceptors (Lipinski definition) is 4. The van der Waals surface area contributed by atoms with Crippen LogP contribution in [-0.4, -0.2) is 48.6 Å². The zero-order chi connectivity index (χ0) is 15.1. The average molecular weight is 287 g/mol. The predicted molar refractivity (Wildman–Crippen MR) is 73.8 cm³/mol. The number of hydrogen-bond donors (Lipinski definition) is 3. The van der Waals surface area contributed by atoms with Crippen LogP contribution < -0.4 is 11.1 Å². The zero-order valence-electron chi connectivity index (χ0n) is 11.3. The molecule has 0 aliphatic rings. The Hall–Kier alpha value is -1.73. The van der Waals surface area contributed by atoms with E-state index in [9.17, 15) is 13.6 Å². The van der Waals surface area contributed by atoms with Gasteiger partial charge >= 0.3 is 0 Å². The fourth-order valence-electron chi connectivity index (χ4n) is 1.75. The zero-order valence-corrected chi connectivity index (χ0v) is 11.3. The molecule has 4 N–H and O–H groups in total. The van der Waals surface area contributed by atoms with Crippen LogP contribution in [0.25, 0.3) is 0 Å². The highest BCUT2D eigenvalue weighted by Gasteiger charge is 2.15. The highest BCUT2D eigenvalue weighted by atomic mass is 19.3. The Balaban J connectivity index is 2.63. The Kier molecular flexibility index (Phi) is 6.33. The van der Waals surface area contributed by atoms with Crippen LogP contribution in [0.1, 0.15) is 5.56 Å². The lowest BCUT2D eigenvalue weighted by Gasteiger charge is -2.20. The van der Waals surface area contributed by atoms with Crippen LogP contribution in [0.2, 0.25) is 0 Å². The fourth-order valence-corrected chi connectivity index (χ4v) is 1.75. The molecule has 0 spiro atoms. The molecule has 1 amide bonds. The summed E-state index contributed by atoms with van der Waals surface area (Å²) in [6.45, 7) is 0.740. The van der Waals surface area contributed by atoms with Gasteiger partial charge in [0.15, 0.2) is 0 Å². The number of anilines is 2. The number of benzene rings is 1. The van der Waals surface area contributed by atoms with E-state index in [0.717, 1.165) is 5.56 Å². The molecule has 0 atom stereocenters. The predicted octanol–water partition coefficient (Wildman–Crippen LogP) is 1.08. The maximum absolute atomic E-state index is 12.3. The van der Waals surface area contributed by atoms with Gasteiger partial charge in [-0.15, -0.1) is 0 Å². The lowest BCUT2D eigenvalue weighted by Crippen LogP contribution is -2.38. The van der Waals surface area contributed by atoms with Crippen LogP contribution in [0, 0.1) is 6.92 Å². The molecule has 0 unspecified atom stereocenters. The first-order valence-electron chi connectivity index (χ1n) is 6.20. The van der Waals surface area contributed by atoms with Crippen molar-refractivity contribution in [1.82, 2.24) is 4.90 Å². The monoisotopic (exact) mass is 287 g/mol. The minimum Gasteiger partial charge on any atom is -0.398 e. The van der Waals surface area contributed by atoms with E-state index in [1.54, 1.807) is 25.1 Å². The summed E-state index contributed by atoms with van der Waals surface area (Å²) in [5.41, 5.74) is 7.54. The molecule has 1 rings (SSSR count). The Bertz CT molecular complexity index is 455. The van der Waals surface area contributed by atoms with E-state index in [2.05, 4.69) is 5.32 Å². The Morgan fingerprint density at radius 3 is 2.80 bits per heavy atom. The highest BCUT2D eigenvalue weighted by molar-refractivity contribution is 5.93. The number of nitrogens with one attached hydrogen (secondary N) is 1. The quantitative estimate of drug-likeness (QED) is 0.656. The molecular weight excluding hydrogens is 268 g/mol. The number of nitrogens with two attached hydrogens (primary N) is 1. The largest absolute Gasteiger partial charge is 0.398 e. The van der Waals surface area contributed by atoms with Gasteiger partial charge in [-0.25, -0.2) is 8.78 Å². The first kappa shape index (κ1) is 16.3. The SMILES string of the molecule is Cc1c(N)cccc1NC(=O)CN(CCO)CC(F)F. The number of aliphatic hydroxyl groups is 1. The van der Waals surface area contributed by atoms with Crippen molar-refractivity contribution in [3.8, 4) is 0 Å². The Morgan fingerprint density at radius 1 is 1.50 bits per heavy atom. The smallest absolute Gasteiger partial charge is 0.251 e. The van der Waals surface area contributed by atoms with Crippen molar-refractivity contribution in [3.05, 3.63) is 23.8 Å². The minimum absolute atomic E-state index is 0.0215. The van der Waals surface area contributed by atoms with Gasteiger partial charge in [0.05, 0.1) is 19.7 Å². The summed E-state index contributed by atoms with van der Waals surface area (Å²) in [5.74, 6) is -0.423. The summed E-state index contributed by atoms with van der Waals surface area (Å²) in [4.78, 5) is 13.0. The van der Waals surface area contributed by atoms with Crippen molar-refractivity contribution in [1.29, 1.82) is 0 Å². The summed E-state index contributed by atoms with van der Waals surface area (Å²) in [5, 5.41) is 11.4. The maximum Gasteiger partial charge on any atom is 0.251 e. The molecule has 20 heavy (non-hydrogen) atoms. The standard InChI is InChI=1S/C13H19F2N3O2/c1-9-10(16)3-2-4-11(9)17-13(20)8-18(5-6-19)7-12(14)15/h2-4,12,19H,5-8,16H2,1H3,(H,17,20). The van der Waals surface area contributed by atoms with E-state index in [4.69, 9.17) is 10.8 Å². The summed E-state index contributed by atoms with van der Waals surface area (Å²) in [6.07, 6.45) is -2.55. The molecular formula is C13H19F2N3O2. The van der Waals surface area contributed by atoms with Gasteiger partial charge in [-0.05, 0) is 24.6 Å². The summed E-state index contributed by atoms with van der Waals surface area (Å²) < 4.78 is 24.7. The average Bonchev–Trinajstić information content (AvgIpc) is 2.34. The van der Waals surface area contributed by atoms with Gasteiger partial charge in [0, 0.05) is 17.9 Å². The van der Waals surface area contributed by atoms with Crippen LogP contribution in [0.15, 0.2) is 18.2 Å². The fraction of sp³-hybridized carbons (Fsp3) is 0.462. The first-order chi connectivity index (χ1) is 9.43. The topological polar surface area (TPSA) is 78.6 Å². The van der Waals surface area contributed by atoms with Gasteiger partial charge in [0.25, 0.3) is 6.43 Å². The van der Waals surface area contributed by atoms with E-state index < -0.39 is 18.9 Å². The van der Waals surface area contributed by atoms with Crippen molar-refractivity contribution in [3.63, 3.8) is 0 Å². The van der Waals surface area contributed by atoms with E-state index in [0.29, 0.717) is 11.4 Å². The second-order valence-electron chi connectivity index (χ2n) is 4.42. The van der Waals surface area contributed by atoms with Gasteiger partial charge < -0.3 is 16.2 Å². The molecule has 0 heterocycles. The molecule has 5 nitrogen and oxygen atoms in total. The molecule has 0 saturated carbocycles. The number of nitrogen functional groups attached to an aromatic ring is 1. The van der Waals surface area contributed by atoms with Crippen LogP contribution >= 0.6 is 0 Å². The van der Waals surface area contributed by atoms with E-state index in [1.165, 1.54) is 4.90 Å². The van der Waals surface area contributed by atoms with Crippen molar-refractivity contribution in [2.24, 2.45) is 0 Å². The van der Waals surface area contributed by atoms with E-state index in [-0.39, 0.29) is 19.7 Å². The molecule has 1 aromatic rings. The molecule has 0 aliphatic carbocycles. The number of nitrogens with zero attached hydrogens (tertiary/aromatic N) is 1. The maximum atomic E-state index is 12.3. The van der Waals surface area contributed by atoms with Crippen molar-refractivity contribution in [2.75, 3.05) is 37.3 Å². The van der Waals surface area contributed by atoms with Gasteiger partial charge in [0.2, 0.25) is 5.91 Å².